The average Bonchev–Trinajstić information content (AvgIpc) is 2.98. The molecule has 2 nitrogen and oxygen atoms in total. The van der Waals surface area contributed by atoms with Gasteiger partial charge in [-0.2, -0.15) is 0 Å². The SMILES string of the molecule is CCNC(Cc1ccc(CC)cc1)C1(OCC)CCCC1. The lowest BCUT2D eigenvalue weighted by atomic mass is 9.87. The van der Waals surface area contributed by atoms with E-state index < -0.39 is 0 Å². The fraction of sp³-hybridized carbons (Fsp3) is 0.684. The number of ether oxygens (including phenoxy) is 1. The van der Waals surface area contributed by atoms with E-state index in [0.717, 1.165) is 26.0 Å². The van der Waals surface area contributed by atoms with E-state index in [4.69, 9.17) is 4.74 Å². The van der Waals surface area contributed by atoms with Crippen LogP contribution in [-0.2, 0) is 17.6 Å². The molecule has 0 spiro atoms. The lowest BCUT2D eigenvalue weighted by molar-refractivity contribution is -0.0609. The van der Waals surface area contributed by atoms with Crippen LogP contribution < -0.4 is 5.32 Å². The van der Waals surface area contributed by atoms with Crippen molar-refractivity contribution in [2.75, 3.05) is 13.2 Å². The monoisotopic (exact) mass is 289 g/mol. The highest BCUT2D eigenvalue weighted by atomic mass is 16.5. The summed E-state index contributed by atoms with van der Waals surface area (Å²) < 4.78 is 6.26. The van der Waals surface area contributed by atoms with Gasteiger partial charge in [0.25, 0.3) is 0 Å². The second-order valence-electron chi connectivity index (χ2n) is 6.19. The molecule has 118 valence electrons. The van der Waals surface area contributed by atoms with Gasteiger partial charge < -0.3 is 10.1 Å². The van der Waals surface area contributed by atoms with Crippen LogP contribution in [0, 0.1) is 0 Å². The van der Waals surface area contributed by atoms with E-state index in [2.05, 4.69) is 50.4 Å². The summed E-state index contributed by atoms with van der Waals surface area (Å²) in [5, 5.41) is 3.70. The second kappa shape index (κ2) is 7.95. The van der Waals surface area contributed by atoms with Gasteiger partial charge in [0.1, 0.15) is 0 Å². The minimum absolute atomic E-state index is 0.0498. The molecule has 1 aliphatic rings. The van der Waals surface area contributed by atoms with Gasteiger partial charge in [0.2, 0.25) is 0 Å². The predicted octanol–water partition coefficient (Wildman–Crippen LogP) is 4.12. The highest BCUT2D eigenvalue weighted by Crippen LogP contribution is 2.37. The van der Waals surface area contributed by atoms with Crippen LogP contribution in [0.3, 0.4) is 0 Å². The summed E-state index contributed by atoms with van der Waals surface area (Å²) in [7, 11) is 0. The number of benzene rings is 1. The zero-order chi connectivity index (χ0) is 15.1. The lowest BCUT2D eigenvalue weighted by Crippen LogP contribution is -2.52. The average molecular weight is 289 g/mol. The number of aryl methyl sites for hydroxylation is 1. The Balaban J connectivity index is 2.12. The molecule has 1 aromatic rings. The molecule has 1 aromatic carbocycles. The van der Waals surface area contributed by atoms with Gasteiger partial charge in [-0.25, -0.2) is 0 Å². The topological polar surface area (TPSA) is 21.3 Å². The molecule has 1 aliphatic carbocycles. The highest BCUT2D eigenvalue weighted by molar-refractivity contribution is 5.24. The quantitative estimate of drug-likeness (QED) is 0.777. The molecule has 0 amide bonds. The standard InChI is InChI=1S/C19H31NO/c1-4-16-9-11-17(12-10-16)15-18(20-5-2)19(21-6-3)13-7-8-14-19/h9-12,18,20H,4-8,13-15H2,1-3H3. The number of likely N-dealkylation sites (N-methyl/N-ethyl adjacent to an activating group) is 1. The van der Waals surface area contributed by atoms with Crippen LogP contribution in [0.25, 0.3) is 0 Å². The van der Waals surface area contributed by atoms with Crippen molar-refractivity contribution in [1.82, 2.24) is 5.32 Å². The molecule has 2 rings (SSSR count). The molecule has 0 radical (unpaired) electrons. The second-order valence-corrected chi connectivity index (χ2v) is 6.19. The van der Waals surface area contributed by atoms with Gasteiger partial charge in [-0.1, -0.05) is 51.0 Å². The zero-order valence-electron chi connectivity index (χ0n) is 14.0. The van der Waals surface area contributed by atoms with Crippen molar-refractivity contribution in [3.63, 3.8) is 0 Å². The van der Waals surface area contributed by atoms with Crippen molar-refractivity contribution in [2.24, 2.45) is 0 Å². The predicted molar refractivity (Wildman–Crippen MR) is 89.8 cm³/mol. The van der Waals surface area contributed by atoms with Gasteiger partial charge in [0.15, 0.2) is 0 Å². The highest BCUT2D eigenvalue weighted by Gasteiger charge is 2.41. The van der Waals surface area contributed by atoms with Crippen molar-refractivity contribution < 1.29 is 4.74 Å². The Hall–Kier alpha value is -0.860. The van der Waals surface area contributed by atoms with Gasteiger partial charge in [0, 0.05) is 12.6 Å². The van der Waals surface area contributed by atoms with Gasteiger partial charge >= 0.3 is 0 Å². The molecular formula is C19H31NO. The van der Waals surface area contributed by atoms with Crippen LogP contribution in [-0.4, -0.2) is 24.8 Å². The summed E-state index contributed by atoms with van der Waals surface area (Å²) in [4.78, 5) is 0. The summed E-state index contributed by atoms with van der Waals surface area (Å²) in [6, 6.07) is 9.54. The molecular weight excluding hydrogens is 258 g/mol. The minimum atomic E-state index is 0.0498. The third-order valence-corrected chi connectivity index (χ3v) is 4.84. The molecule has 21 heavy (non-hydrogen) atoms. The molecule has 0 bridgehead atoms. The molecule has 1 atom stereocenters. The third-order valence-electron chi connectivity index (χ3n) is 4.84. The Kier molecular flexibility index (Phi) is 6.25. The normalized spacial score (nSPS) is 18.8. The minimum Gasteiger partial charge on any atom is -0.374 e. The summed E-state index contributed by atoms with van der Waals surface area (Å²) >= 11 is 0. The van der Waals surface area contributed by atoms with E-state index in [9.17, 15) is 0 Å². The number of nitrogens with one attached hydrogen (secondary N) is 1. The number of hydrogen-bond acceptors (Lipinski definition) is 2. The molecule has 1 saturated carbocycles. The van der Waals surface area contributed by atoms with Gasteiger partial charge in [-0.15, -0.1) is 0 Å². The van der Waals surface area contributed by atoms with E-state index >= 15 is 0 Å². The Morgan fingerprint density at radius 2 is 1.67 bits per heavy atom. The summed E-state index contributed by atoms with van der Waals surface area (Å²) in [6.45, 7) is 8.35. The number of rotatable bonds is 8. The van der Waals surface area contributed by atoms with Gasteiger partial charge in [-0.3, -0.25) is 0 Å². The molecule has 2 heteroatoms. The first kappa shape index (κ1) is 16.5. The van der Waals surface area contributed by atoms with Gasteiger partial charge in [-0.05, 0) is 50.3 Å². The maximum atomic E-state index is 6.26. The van der Waals surface area contributed by atoms with Crippen molar-refractivity contribution in [3.05, 3.63) is 35.4 Å². The first-order valence-electron chi connectivity index (χ1n) is 8.69. The smallest absolute Gasteiger partial charge is 0.0837 e. The van der Waals surface area contributed by atoms with Crippen molar-refractivity contribution in [1.29, 1.82) is 0 Å². The van der Waals surface area contributed by atoms with Crippen LogP contribution in [0.5, 0.6) is 0 Å². The molecule has 1 unspecified atom stereocenters. The third kappa shape index (κ3) is 4.08. The maximum absolute atomic E-state index is 6.26. The first-order valence-corrected chi connectivity index (χ1v) is 8.69. The Morgan fingerprint density at radius 3 is 2.19 bits per heavy atom. The molecule has 1 fully saturated rings. The summed E-state index contributed by atoms with van der Waals surface area (Å²) in [5.41, 5.74) is 2.89. The maximum Gasteiger partial charge on any atom is 0.0837 e. The molecule has 0 heterocycles. The molecule has 0 aliphatic heterocycles. The summed E-state index contributed by atoms with van der Waals surface area (Å²) in [5.74, 6) is 0. The molecule has 1 N–H and O–H groups in total. The van der Waals surface area contributed by atoms with Crippen molar-refractivity contribution >= 4 is 0 Å². The van der Waals surface area contributed by atoms with Crippen molar-refractivity contribution in [2.45, 2.75) is 70.9 Å². The van der Waals surface area contributed by atoms with Crippen LogP contribution >= 0.6 is 0 Å². The van der Waals surface area contributed by atoms with E-state index in [1.807, 2.05) is 0 Å². The zero-order valence-corrected chi connectivity index (χ0v) is 14.0. The molecule has 0 saturated heterocycles. The van der Waals surface area contributed by atoms with E-state index in [0.29, 0.717) is 6.04 Å². The Labute approximate surface area is 130 Å². The lowest BCUT2D eigenvalue weighted by Gasteiger charge is -2.38. The van der Waals surface area contributed by atoms with Crippen LogP contribution in [0.15, 0.2) is 24.3 Å². The first-order chi connectivity index (χ1) is 10.2. The van der Waals surface area contributed by atoms with Gasteiger partial charge in [0.05, 0.1) is 5.60 Å². The Bertz CT molecular complexity index is 406. The van der Waals surface area contributed by atoms with E-state index in [-0.39, 0.29) is 5.60 Å². The fourth-order valence-corrected chi connectivity index (χ4v) is 3.69. The molecule has 0 aromatic heterocycles. The Morgan fingerprint density at radius 1 is 1.05 bits per heavy atom. The van der Waals surface area contributed by atoms with E-state index in [1.54, 1.807) is 0 Å². The van der Waals surface area contributed by atoms with Crippen molar-refractivity contribution in [3.8, 4) is 0 Å². The largest absolute Gasteiger partial charge is 0.374 e. The summed E-state index contributed by atoms with van der Waals surface area (Å²) in [6.07, 6.45) is 7.18. The van der Waals surface area contributed by atoms with Crippen LogP contribution in [0.1, 0.15) is 57.6 Å². The fourth-order valence-electron chi connectivity index (χ4n) is 3.69. The van der Waals surface area contributed by atoms with Crippen LogP contribution in [0.4, 0.5) is 0 Å². The van der Waals surface area contributed by atoms with Crippen LogP contribution in [0.2, 0.25) is 0 Å². The number of hydrogen-bond donors (Lipinski definition) is 1. The van der Waals surface area contributed by atoms with E-state index in [1.165, 1.54) is 36.8 Å².